The molecule has 0 unspecified atom stereocenters. The summed E-state index contributed by atoms with van der Waals surface area (Å²) in [7, 11) is 1.49. The van der Waals surface area contributed by atoms with E-state index in [4.69, 9.17) is 14.6 Å². The summed E-state index contributed by atoms with van der Waals surface area (Å²) >= 11 is 0. The predicted octanol–water partition coefficient (Wildman–Crippen LogP) is 1.79. The van der Waals surface area contributed by atoms with Crippen LogP contribution in [0.25, 0.3) is 0 Å². The van der Waals surface area contributed by atoms with Crippen LogP contribution in [0.2, 0.25) is 0 Å². The second-order valence-corrected chi connectivity index (χ2v) is 5.81. The van der Waals surface area contributed by atoms with E-state index in [1.165, 1.54) is 14.0 Å². The van der Waals surface area contributed by atoms with Crippen LogP contribution in [0.3, 0.4) is 0 Å². The van der Waals surface area contributed by atoms with Gasteiger partial charge in [-0.3, -0.25) is 9.59 Å². The smallest absolute Gasteiger partial charge is 0.329 e. The van der Waals surface area contributed by atoms with Gasteiger partial charge in [0.1, 0.15) is 5.54 Å². The Hall–Kier alpha value is -2.57. The highest BCUT2D eigenvalue weighted by Crippen LogP contribution is 2.35. The number of carboxylic acid groups (broad SMARTS) is 1. The Kier molecular flexibility index (Phi) is 5.43. The van der Waals surface area contributed by atoms with Crippen LogP contribution in [0.15, 0.2) is 18.2 Å². The van der Waals surface area contributed by atoms with Gasteiger partial charge in [0.2, 0.25) is 5.91 Å². The van der Waals surface area contributed by atoms with Crippen LogP contribution in [0.4, 0.5) is 0 Å². The van der Waals surface area contributed by atoms with Crippen molar-refractivity contribution in [3.8, 4) is 11.5 Å². The van der Waals surface area contributed by atoms with Crippen molar-refractivity contribution in [2.24, 2.45) is 0 Å². The summed E-state index contributed by atoms with van der Waals surface area (Å²) < 4.78 is 10.8. The lowest BCUT2D eigenvalue weighted by molar-refractivity contribution is -0.143. The second kappa shape index (κ2) is 7.33. The number of benzene rings is 1. The van der Waals surface area contributed by atoms with E-state index in [0.29, 0.717) is 36.3 Å². The molecule has 1 fully saturated rings. The predicted molar refractivity (Wildman–Crippen MR) is 85.5 cm³/mol. The van der Waals surface area contributed by atoms with E-state index in [1.807, 2.05) is 0 Å². The summed E-state index contributed by atoms with van der Waals surface area (Å²) in [5.41, 5.74) is -0.522. The largest absolute Gasteiger partial charge is 0.493 e. The van der Waals surface area contributed by atoms with E-state index in [1.54, 1.807) is 18.2 Å². The number of nitrogens with one attached hydrogen (secondary N) is 1. The molecule has 1 aromatic carbocycles. The molecule has 2 rings (SSSR count). The van der Waals surface area contributed by atoms with Crippen molar-refractivity contribution in [2.75, 3.05) is 13.7 Å². The lowest BCUT2D eigenvalue weighted by Crippen LogP contribution is -2.43. The molecular formula is C17H21NO6. The quantitative estimate of drug-likeness (QED) is 0.527. The Morgan fingerprint density at radius 1 is 1.25 bits per heavy atom. The molecule has 1 aromatic rings. The SMILES string of the molecule is COc1cc(C(C)=O)ccc1OCCCC(=O)NC1(C(=O)O)CC1. The maximum Gasteiger partial charge on any atom is 0.329 e. The molecule has 2 N–H and O–H groups in total. The van der Waals surface area contributed by atoms with Crippen LogP contribution in [0.5, 0.6) is 11.5 Å². The lowest BCUT2D eigenvalue weighted by Gasteiger charge is -2.13. The Morgan fingerprint density at radius 2 is 1.96 bits per heavy atom. The maximum atomic E-state index is 11.8. The summed E-state index contributed by atoms with van der Waals surface area (Å²) in [6.45, 7) is 1.75. The monoisotopic (exact) mass is 335 g/mol. The Labute approximate surface area is 139 Å². The number of methoxy groups -OCH3 is 1. The maximum absolute atomic E-state index is 11.8. The normalized spacial score (nSPS) is 14.6. The minimum absolute atomic E-state index is 0.0658. The molecular weight excluding hydrogens is 314 g/mol. The molecule has 1 saturated carbocycles. The zero-order valence-corrected chi connectivity index (χ0v) is 13.8. The molecule has 0 aliphatic heterocycles. The number of amides is 1. The second-order valence-electron chi connectivity index (χ2n) is 5.81. The topological polar surface area (TPSA) is 102 Å². The molecule has 130 valence electrons. The van der Waals surface area contributed by atoms with Crippen molar-refractivity contribution in [3.63, 3.8) is 0 Å². The molecule has 24 heavy (non-hydrogen) atoms. The van der Waals surface area contributed by atoms with Crippen molar-refractivity contribution in [2.45, 2.75) is 38.1 Å². The van der Waals surface area contributed by atoms with Gasteiger partial charge in [-0.15, -0.1) is 0 Å². The number of hydrogen-bond donors (Lipinski definition) is 2. The molecule has 0 radical (unpaired) electrons. The first-order valence-electron chi connectivity index (χ1n) is 7.74. The fourth-order valence-electron chi connectivity index (χ4n) is 2.27. The van der Waals surface area contributed by atoms with Gasteiger partial charge < -0.3 is 19.9 Å². The summed E-state index contributed by atoms with van der Waals surface area (Å²) in [5, 5.41) is 11.6. The molecule has 1 aliphatic rings. The first-order chi connectivity index (χ1) is 11.4. The molecule has 0 bridgehead atoms. The van der Waals surface area contributed by atoms with E-state index in [-0.39, 0.29) is 24.7 Å². The van der Waals surface area contributed by atoms with Gasteiger partial charge in [-0.1, -0.05) is 0 Å². The minimum Gasteiger partial charge on any atom is -0.493 e. The van der Waals surface area contributed by atoms with Crippen LogP contribution >= 0.6 is 0 Å². The van der Waals surface area contributed by atoms with Gasteiger partial charge in [-0.25, -0.2) is 4.79 Å². The van der Waals surface area contributed by atoms with Crippen LogP contribution in [-0.4, -0.2) is 42.0 Å². The fourth-order valence-corrected chi connectivity index (χ4v) is 2.27. The third kappa shape index (κ3) is 4.24. The van der Waals surface area contributed by atoms with E-state index < -0.39 is 11.5 Å². The van der Waals surface area contributed by atoms with E-state index in [9.17, 15) is 14.4 Å². The van der Waals surface area contributed by atoms with Crippen LogP contribution in [-0.2, 0) is 9.59 Å². The van der Waals surface area contributed by atoms with Gasteiger partial charge in [0.15, 0.2) is 17.3 Å². The standard InChI is InChI=1S/C17H21NO6/c1-11(19)12-5-6-13(14(10-12)23-2)24-9-3-4-15(20)18-17(7-8-17)16(21)22/h5-6,10H,3-4,7-9H2,1-2H3,(H,18,20)(H,21,22). The van der Waals surface area contributed by atoms with Crippen molar-refractivity contribution in [1.82, 2.24) is 5.32 Å². The molecule has 0 heterocycles. The van der Waals surface area contributed by atoms with Gasteiger partial charge in [-0.05, 0) is 44.4 Å². The average molecular weight is 335 g/mol. The number of carboxylic acids is 1. The summed E-state index contributed by atoms with van der Waals surface area (Å²) in [4.78, 5) is 34.1. The summed E-state index contributed by atoms with van der Waals surface area (Å²) in [5.74, 6) is -0.397. The van der Waals surface area contributed by atoms with Crippen molar-refractivity contribution >= 4 is 17.7 Å². The van der Waals surface area contributed by atoms with Gasteiger partial charge in [0.25, 0.3) is 0 Å². The molecule has 7 nitrogen and oxygen atoms in total. The van der Waals surface area contributed by atoms with E-state index in [0.717, 1.165) is 0 Å². The van der Waals surface area contributed by atoms with E-state index >= 15 is 0 Å². The summed E-state index contributed by atoms with van der Waals surface area (Å²) in [6, 6.07) is 4.91. The third-order valence-electron chi connectivity index (χ3n) is 3.91. The molecule has 1 aliphatic carbocycles. The first kappa shape index (κ1) is 17.8. The first-order valence-corrected chi connectivity index (χ1v) is 7.74. The molecule has 7 heteroatoms. The Balaban J connectivity index is 1.79. The minimum atomic E-state index is -1.05. The molecule has 0 aromatic heterocycles. The van der Waals surface area contributed by atoms with Gasteiger partial charge >= 0.3 is 5.97 Å². The highest BCUT2D eigenvalue weighted by Gasteiger charge is 2.51. The Morgan fingerprint density at radius 3 is 2.50 bits per heavy atom. The number of carbonyl (C=O) groups is 3. The van der Waals surface area contributed by atoms with Crippen LogP contribution < -0.4 is 14.8 Å². The molecule has 0 saturated heterocycles. The molecule has 1 amide bonds. The third-order valence-corrected chi connectivity index (χ3v) is 3.91. The van der Waals surface area contributed by atoms with Gasteiger partial charge in [0.05, 0.1) is 13.7 Å². The summed E-state index contributed by atoms with van der Waals surface area (Å²) in [6.07, 6.45) is 1.58. The lowest BCUT2D eigenvalue weighted by atomic mass is 10.1. The molecule has 0 spiro atoms. The number of rotatable bonds is 9. The number of ketones is 1. The number of Topliss-reactive ketones (excluding diaryl/α,β-unsaturated/α-hetero) is 1. The van der Waals surface area contributed by atoms with Crippen LogP contribution in [0, 0.1) is 0 Å². The Bertz CT molecular complexity index is 650. The zero-order chi connectivity index (χ0) is 17.7. The molecule has 0 atom stereocenters. The van der Waals surface area contributed by atoms with E-state index in [2.05, 4.69) is 5.32 Å². The van der Waals surface area contributed by atoms with Crippen molar-refractivity contribution in [3.05, 3.63) is 23.8 Å². The van der Waals surface area contributed by atoms with Crippen LogP contribution in [0.1, 0.15) is 43.0 Å². The highest BCUT2D eigenvalue weighted by molar-refractivity contribution is 5.94. The number of aliphatic carboxylic acids is 1. The highest BCUT2D eigenvalue weighted by atomic mass is 16.5. The van der Waals surface area contributed by atoms with Gasteiger partial charge in [-0.2, -0.15) is 0 Å². The zero-order valence-electron chi connectivity index (χ0n) is 13.8. The number of carbonyl (C=O) groups excluding carboxylic acids is 2. The average Bonchev–Trinajstić information content (AvgIpc) is 3.32. The fraction of sp³-hybridized carbons (Fsp3) is 0.471. The van der Waals surface area contributed by atoms with Crippen molar-refractivity contribution < 1.29 is 29.0 Å². The van der Waals surface area contributed by atoms with Crippen molar-refractivity contribution in [1.29, 1.82) is 0 Å². The number of ether oxygens (including phenoxy) is 2. The number of hydrogen-bond acceptors (Lipinski definition) is 5. The van der Waals surface area contributed by atoms with Gasteiger partial charge in [0, 0.05) is 12.0 Å².